The van der Waals surface area contributed by atoms with Gasteiger partial charge in [-0.2, -0.15) is 0 Å². The predicted molar refractivity (Wildman–Crippen MR) is 90.1 cm³/mol. The molecular weight excluding hydrogens is 300 g/mol. The third kappa shape index (κ3) is 4.49. The molecule has 0 saturated heterocycles. The standard InChI is InChI=1S/C17H23ClN2O2/c1-17(2,11-21)6-3-7-19-16(22)8-12-10-20-15-9-13(18)4-5-14(12)15/h4-5,9-10,20-21H,3,6-8,11H2,1-2H3,(H,19,22). The van der Waals surface area contributed by atoms with Gasteiger partial charge in [0, 0.05) is 35.3 Å². The highest BCUT2D eigenvalue weighted by Gasteiger charge is 2.15. The number of carbonyl (C=O) groups excluding carboxylic acids is 1. The van der Waals surface area contributed by atoms with Crippen LogP contribution in [0.1, 0.15) is 32.3 Å². The fourth-order valence-corrected chi connectivity index (χ4v) is 2.59. The maximum absolute atomic E-state index is 12.0. The molecule has 4 nitrogen and oxygen atoms in total. The number of benzene rings is 1. The minimum absolute atomic E-state index is 0.0117. The summed E-state index contributed by atoms with van der Waals surface area (Å²) in [6.45, 7) is 4.84. The van der Waals surface area contributed by atoms with Crippen LogP contribution in [0.4, 0.5) is 0 Å². The van der Waals surface area contributed by atoms with E-state index in [-0.39, 0.29) is 17.9 Å². The Morgan fingerprint density at radius 1 is 1.41 bits per heavy atom. The Kier molecular flexibility index (Phi) is 5.48. The summed E-state index contributed by atoms with van der Waals surface area (Å²) in [5.74, 6) is 0.0117. The summed E-state index contributed by atoms with van der Waals surface area (Å²) in [5.41, 5.74) is 1.83. The van der Waals surface area contributed by atoms with Crippen molar-refractivity contribution in [1.29, 1.82) is 0 Å². The van der Waals surface area contributed by atoms with Crippen molar-refractivity contribution in [3.05, 3.63) is 35.0 Å². The number of hydrogen-bond donors (Lipinski definition) is 3. The number of aromatic amines is 1. The molecule has 0 unspecified atom stereocenters. The van der Waals surface area contributed by atoms with Gasteiger partial charge in [-0.05, 0) is 36.0 Å². The number of fused-ring (bicyclic) bond motifs is 1. The average molecular weight is 323 g/mol. The van der Waals surface area contributed by atoms with Crippen LogP contribution in [0.25, 0.3) is 10.9 Å². The SMILES string of the molecule is CC(C)(CO)CCCNC(=O)Cc1c[nH]c2cc(Cl)ccc12. The summed E-state index contributed by atoms with van der Waals surface area (Å²) < 4.78 is 0. The first-order chi connectivity index (χ1) is 10.4. The summed E-state index contributed by atoms with van der Waals surface area (Å²) >= 11 is 5.95. The molecule has 2 aromatic rings. The van der Waals surface area contributed by atoms with E-state index in [1.54, 1.807) is 0 Å². The van der Waals surface area contributed by atoms with Crippen molar-refractivity contribution in [1.82, 2.24) is 10.3 Å². The number of H-pyrrole nitrogens is 1. The quantitative estimate of drug-likeness (QED) is 0.685. The molecular formula is C17H23ClN2O2. The van der Waals surface area contributed by atoms with Crippen LogP contribution in [0.3, 0.4) is 0 Å². The average Bonchev–Trinajstić information content (AvgIpc) is 2.86. The van der Waals surface area contributed by atoms with Gasteiger partial charge in [-0.1, -0.05) is 31.5 Å². The van der Waals surface area contributed by atoms with Crippen molar-refractivity contribution < 1.29 is 9.90 Å². The van der Waals surface area contributed by atoms with Crippen molar-refractivity contribution in [3.8, 4) is 0 Å². The van der Waals surface area contributed by atoms with Crippen LogP contribution in [0.15, 0.2) is 24.4 Å². The molecule has 22 heavy (non-hydrogen) atoms. The van der Waals surface area contributed by atoms with E-state index >= 15 is 0 Å². The Morgan fingerprint density at radius 3 is 2.91 bits per heavy atom. The van der Waals surface area contributed by atoms with Crippen molar-refractivity contribution in [2.24, 2.45) is 5.41 Å². The van der Waals surface area contributed by atoms with Crippen LogP contribution in [-0.4, -0.2) is 29.1 Å². The van der Waals surface area contributed by atoms with Crippen LogP contribution in [0.5, 0.6) is 0 Å². The number of rotatable bonds is 7. The van der Waals surface area contributed by atoms with Crippen LogP contribution >= 0.6 is 11.6 Å². The molecule has 120 valence electrons. The summed E-state index contributed by atoms with van der Waals surface area (Å²) in [4.78, 5) is 15.2. The van der Waals surface area contributed by atoms with E-state index in [1.807, 2.05) is 38.2 Å². The number of halogens is 1. The first kappa shape index (κ1) is 16.8. The summed E-state index contributed by atoms with van der Waals surface area (Å²) in [7, 11) is 0. The number of hydrogen-bond acceptors (Lipinski definition) is 2. The lowest BCUT2D eigenvalue weighted by Gasteiger charge is -2.21. The molecule has 3 N–H and O–H groups in total. The zero-order chi connectivity index (χ0) is 16.2. The van der Waals surface area contributed by atoms with Crippen LogP contribution in [0, 0.1) is 5.41 Å². The number of aliphatic hydroxyl groups is 1. The molecule has 0 atom stereocenters. The lowest BCUT2D eigenvalue weighted by molar-refractivity contribution is -0.120. The van der Waals surface area contributed by atoms with Gasteiger partial charge in [0.2, 0.25) is 5.91 Å². The minimum atomic E-state index is -0.0825. The van der Waals surface area contributed by atoms with E-state index in [4.69, 9.17) is 11.6 Å². The Labute approximate surface area is 135 Å². The minimum Gasteiger partial charge on any atom is -0.396 e. The number of carbonyl (C=O) groups is 1. The molecule has 1 heterocycles. The Morgan fingerprint density at radius 2 is 2.18 bits per heavy atom. The molecule has 1 amide bonds. The second-order valence-electron chi connectivity index (χ2n) is 6.46. The lowest BCUT2D eigenvalue weighted by atomic mass is 9.89. The van der Waals surface area contributed by atoms with Gasteiger partial charge in [0.1, 0.15) is 0 Å². The third-order valence-corrected chi connectivity index (χ3v) is 4.10. The van der Waals surface area contributed by atoms with Crippen molar-refractivity contribution in [3.63, 3.8) is 0 Å². The highest BCUT2D eigenvalue weighted by molar-refractivity contribution is 6.31. The molecule has 2 rings (SSSR count). The molecule has 0 aliphatic rings. The maximum atomic E-state index is 12.0. The zero-order valence-corrected chi connectivity index (χ0v) is 13.8. The molecule has 5 heteroatoms. The second kappa shape index (κ2) is 7.16. The second-order valence-corrected chi connectivity index (χ2v) is 6.89. The molecule has 0 aliphatic heterocycles. The van der Waals surface area contributed by atoms with Gasteiger partial charge in [-0.15, -0.1) is 0 Å². The molecule has 0 saturated carbocycles. The number of amides is 1. The van der Waals surface area contributed by atoms with Gasteiger partial charge in [0.25, 0.3) is 0 Å². The van der Waals surface area contributed by atoms with Gasteiger partial charge < -0.3 is 15.4 Å². The number of aromatic nitrogens is 1. The molecule has 0 aliphatic carbocycles. The Bertz CT molecular complexity index is 649. The van der Waals surface area contributed by atoms with Crippen LogP contribution in [0.2, 0.25) is 5.02 Å². The molecule has 1 aromatic heterocycles. The number of aliphatic hydroxyl groups excluding tert-OH is 1. The number of nitrogens with one attached hydrogen (secondary N) is 2. The highest BCUT2D eigenvalue weighted by Crippen LogP contribution is 2.22. The van der Waals surface area contributed by atoms with Gasteiger partial charge in [0.05, 0.1) is 6.42 Å². The monoisotopic (exact) mass is 322 g/mol. The first-order valence-electron chi connectivity index (χ1n) is 7.54. The van der Waals surface area contributed by atoms with E-state index < -0.39 is 0 Å². The van der Waals surface area contributed by atoms with E-state index in [0.717, 1.165) is 29.3 Å². The maximum Gasteiger partial charge on any atom is 0.224 e. The zero-order valence-electron chi connectivity index (χ0n) is 13.1. The lowest BCUT2D eigenvalue weighted by Crippen LogP contribution is -2.27. The fraction of sp³-hybridized carbons (Fsp3) is 0.471. The molecule has 0 radical (unpaired) electrons. The topological polar surface area (TPSA) is 65.1 Å². The van der Waals surface area contributed by atoms with Crippen molar-refractivity contribution >= 4 is 28.4 Å². The van der Waals surface area contributed by atoms with Gasteiger partial charge in [-0.25, -0.2) is 0 Å². The summed E-state index contributed by atoms with van der Waals surface area (Å²) in [6.07, 6.45) is 3.96. The van der Waals surface area contributed by atoms with E-state index in [0.29, 0.717) is 18.0 Å². The Hall–Kier alpha value is -1.52. The van der Waals surface area contributed by atoms with E-state index in [9.17, 15) is 9.90 Å². The van der Waals surface area contributed by atoms with Gasteiger partial charge in [-0.3, -0.25) is 4.79 Å². The first-order valence-corrected chi connectivity index (χ1v) is 7.92. The summed E-state index contributed by atoms with van der Waals surface area (Å²) in [6, 6.07) is 5.62. The van der Waals surface area contributed by atoms with Crippen LogP contribution < -0.4 is 5.32 Å². The van der Waals surface area contributed by atoms with Gasteiger partial charge in [0.15, 0.2) is 0 Å². The fourth-order valence-electron chi connectivity index (χ4n) is 2.41. The van der Waals surface area contributed by atoms with Crippen molar-refractivity contribution in [2.75, 3.05) is 13.2 Å². The smallest absolute Gasteiger partial charge is 0.224 e. The third-order valence-electron chi connectivity index (χ3n) is 3.86. The molecule has 0 bridgehead atoms. The molecule has 0 spiro atoms. The predicted octanol–water partition coefficient (Wildman–Crippen LogP) is 3.28. The largest absolute Gasteiger partial charge is 0.396 e. The normalized spacial score (nSPS) is 11.8. The van der Waals surface area contributed by atoms with E-state index in [1.165, 1.54) is 0 Å². The molecule has 1 aromatic carbocycles. The van der Waals surface area contributed by atoms with Crippen LogP contribution in [-0.2, 0) is 11.2 Å². The summed E-state index contributed by atoms with van der Waals surface area (Å²) in [5, 5.41) is 13.8. The van der Waals surface area contributed by atoms with E-state index in [2.05, 4.69) is 10.3 Å². The van der Waals surface area contributed by atoms with Gasteiger partial charge >= 0.3 is 0 Å². The molecule has 0 fully saturated rings. The highest BCUT2D eigenvalue weighted by atomic mass is 35.5. The van der Waals surface area contributed by atoms with Crippen molar-refractivity contribution in [2.45, 2.75) is 33.1 Å². The Balaban J connectivity index is 1.84.